The van der Waals surface area contributed by atoms with Gasteiger partial charge in [-0.15, -0.1) is 0 Å². The second-order valence-electron chi connectivity index (χ2n) is 2.96. The molecule has 0 aromatic rings. The van der Waals surface area contributed by atoms with Gasteiger partial charge in [0.2, 0.25) is 0 Å². The number of hydrogen-bond donors (Lipinski definition) is 3. The lowest BCUT2D eigenvalue weighted by molar-refractivity contribution is -0.131. The molecule has 3 unspecified atom stereocenters. The fourth-order valence-corrected chi connectivity index (χ4v) is 1.49. The molecule has 0 amide bonds. The summed E-state index contributed by atoms with van der Waals surface area (Å²) >= 11 is 0. The highest BCUT2D eigenvalue weighted by molar-refractivity contribution is 4.86. The van der Waals surface area contributed by atoms with E-state index in [1.165, 1.54) is 7.11 Å². The third kappa shape index (κ3) is 1.90. The molecule has 3 N–H and O–H groups in total. The molecule has 0 radical (unpaired) electrons. The van der Waals surface area contributed by atoms with Crippen molar-refractivity contribution in [1.29, 1.82) is 0 Å². The molecule has 4 atom stereocenters. The normalized spacial score (nSPS) is 45.8. The van der Waals surface area contributed by atoms with E-state index in [4.69, 9.17) is 9.84 Å². The van der Waals surface area contributed by atoms with Crippen molar-refractivity contribution in [3.05, 3.63) is 0 Å². The lowest BCUT2D eigenvalue weighted by Gasteiger charge is -2.33. The predicted molar refractivity (Wildman–Crippen MR) is 38.1 cm³/mol. The first kappa shape index (κ1) is 8.93. The van der Waals surface area contributed by atoms with E-state index in [0.717, 1.165) is 0 Å². The number of aliphatic hydroxyl groups is 3. The Labute approximate surface area is 65.4 Å². The van der Waals surface area contributed by atoms with Crippen molar-refractivity contribution in [2.75, 3.05) is 7.11 Å². The monoisotopic (exact) mass is 162 g/mol. The van der Waals surface area contributed by atoms with E-state index in [1.807, 2.05) is 0 Å². The second kappa shape index (κ2) is 3.49. The molecular formula is C7H14O4. The smallest absolute Gasteiger partial charge is 0.109 e. The number of methoxy groups -OCH3 is 1. The molecule has 0 aliphatic heterocycles. The van der Waals surface area contributed by atoms with E-state index in [1.54, 1.807) is 0 Å². The molecule has 0 aromatic carbocycles. The second-order valence-corrected chi connectivity index (χ2v) is 2.96. The van der Waals surface area contributed by atoms with E-state index in [-0.39, 0.29) is 12.8 Å². The van der Waals surface area contributed by atoms with Gasteiger partial charge in [0.05, 0.1) is 18.3 Å². The zero-order valence-corrected chi connectivity index (χ0v) is 6.47. The molecular weight excluding hydrogens is 148 g/mol. The Hall–Kier alpha value is -0.160. The highest BCUT2D eigenvalue weighted by Gasteiger charge is 2.35. The van der Waals surface area contributed by atoms with Gasteiger partial charge in [-0.05, 0) is 0 Å². The van der Waals surface area contributed by atoms with Gasteiger partial charge in [0.15, 0.2) is 0 Å². The Morgan fingerprint density at radius 2 is 1.55 bits per heavy atom. The van der Waals surface area contributed by atoms with Gasteiger partial charge in [0.25, 0.3) is 0 Å². The van der Waals surface area contributed by atoms with Crippen molar-refractivity contribution >= 4 is 0 Å². The van der Waals surface area contributed by atoms with Crippen molar-refractivity contribution in [2.24, 2.45) is 0 Å². The Morgan fingerprint density at radius 1 is 1.09 bits per heavy atom. The quantitative estimate of drug-likeness (QED) is 0.456. The van der Waals surface area contributed by atoms with Crippen LogP contribution in [0.2, 0.25) is 0 Å². The van der Waals surface area contributed by atoms with Crippen LogP contribution in [-0.2, 0) is 4.74 Å². The molecule has 0 heterocycles. The first-order valence-electron chi connectivity index (χ1n) is 3.72. The van der Waals surface area contributed by atoms with Crippen molar-refractivity contribution in [3.63, 3.8) is 0 Å². The van der Waals surface area contributed by atoms with Gasteiger partial charge in [0.1, 0.15) is 6.10 Å². The van der Waals surface area contributed by atoms with Crippen LogP contribution in [0, 0.1) is 0 Å². The molecule has 4 heteroatoms. The maximum Gasteiger partial charge on any atom is 0.109 e. The largest absolute Gasteiger partial charge is 0.393 e. The van der Waals surface area contributed by atoms with Gasteiger partial charge in [0, 0.05) is 20.0 Å². The average molecular weight is 162 g/mol. The minimum absolute atomic E-state index is 0.287. The maximum atomic E-state index is 9.26. The fourth-order valence-electron chi connectivity index (χ4n) is 1.49. The average Bonchev–Trinajstić information content (AvgIpc) is 1.85. The van der Waals surface area contributed by atoms with Crippen molar-refractivity contribution in [2.45, 2.75) is 37.3 Å². The van der Waals surface area contributed by atoms with E-state index in [0.29, 0.717) is 0 Å². The topological polar surface area (TPSA) is 69.9 Å². The third-order valence-corrected chi connectivity index (χ3v) is 2.06. The van der Waals surface area contributed by atoms with Gasteiger partial charge in [-0.1, -0.05) is 0 Å². The summed E-state index contributed by atoms with van der Waals surface area (Å²) in [6.45, 7) is 0. The summed E-state index contributed by atoms with van der Waals surface area (Å²) in [6, 6.07) is 0. The van der Waals surface area contributed by atoms with Gasteiger partial charge >= 0.3 is 0 Å². The number of hydrogen-bond acceptors (Lipinski definition) is 4. The molecule has 0 saturated heterocycles. The Morgan fingerprint density at radius 3 is 1.91 bits per heavy atom. The van der Waals surface area contributed by atoms with Crippen LogP contribution in [0.1, 0.15) is 12.8 Å². The van der Waals surface area contributed by atoms with E-state index in [2.05, 4.69) is 0 Å². The van der Waals surface area contributed by atoms with Crippen LogP contribution in [0.5, 0.6) is 0 Å². The maximum absolute atomic E-state index is 9.26. The zero-order chi connectivity index (χ0) is 8.43. The SMILES string of the molecule is COC1C(O)CC(O)C[C@H]1O. The number of aliphatic hydroxyl groups excluding tert-OH is 3. The molecule has 11 heavy (non-hydrogen) atoms. The van der Waals surface area contributed by atoms with E-state index in [9.17, 15) is 10.2 Å². The molecule has 66 valence electrons. The Balaban J connectivity index is 2.52. The van der Waals surface area contributed by atoms with E-state index < -0.39 is 24.4 Å². The molecule has 1 aliphatic carbocycles. The van der Waals surface area contributed by atoms with E-state index >= 15 is 0 Å². The van der Waals surface area contributed by atoms with Crippen molar-refractivity contribution in [1.82, 2.24) is 0 Å². The van der Waals surface area contributed by atoms with Gasteiger partial charge < -0.3 is 20.1 Å². The van der Waals surface area contributed by atoms with Crippen LogP contribution in [0.15, 0.2) is 0 Å². The standard InChI is InChI=1S/C7H14O4/c1-11-7-5(9)2-4(8)3-6(7)10/h4-10H,2-3H2,1H3/t4?,5-,6?,7?/m1/s1. The summed E-state index contributed by atoms with van der Waals surface area (Å²) in [5.74, 6) is 0. The first-order valence-corrected chi connectivity index (χ1v) is 3.72. The number of rotatable bonds is 1. The summed E-state index contributed by atoms with van der Waals surface area (Å²) < 4.78 is 4.85. The highest BCUT2D eigenvalue weighted by Crippen LogP contribution is 2.21. The number of ether oxygens (including phenoxy) is 1. The lowest BCUT2D eigenvalue weighted by Crippen LogP contribution is -2.47. The van der Waals surface area contributed by atoms with Crippen molar-refractivity contribution in [3.8, 4) is 0 Å². The van der Waals surface area contributed by atoms with Crippen LogP contribution in [0.25, 0.3) is 0 Å². The summed E-state index contributed by atoms with van der Waals surface area (Å²) in [4.78, 5) is 0. The molecule has 0 aromatic heterocycles. The Bertz CT molecular complexity index is 116. The fraction of sp³-hybridized carbons (Fsp3) is 1.00. The summed E-state index contributed by atoms with van der Waals surface area (Å²) in [5, 5.41) is 27.6. The zero-order valence-electron chi connectivity index (χ0n) is 6.47. The minimum atomic E-state index is -0.751. The van der Waals surface area contributed by atoms with Crippen LogP contribution in [0.4, 0.5) is 0 Å². The molecule has 4 nitrogen and oxygen atoms in total. The van der Waals surface area contributed by atoms with Gasteiger partial charge in [-0.3, -0.25) is 0 Å². The molecule has 0 bridgehead atoms. The van der Waals surface area contributed by atoms with Gasteiger partial charge in [-0.2, -0.15) is 0 Å². The first-order chi connectivity index (χ1) is 5.15. The van der Waals surface area contributed by atoms with Gasteiger partial charge in [-0.25, -0.2) is 0 Å². The lowest BCUT2D eigenvalue weighted by atomic mass is 9.90. The molecule has 1 rings (SSSR count). The van der Waals surface area contributed by atoms with Crippen LogP contribution < -0.4 is 0 Å². The van der Waals surface area contributed by atoms with Crippen LogP contribution in [-0.4, -0.2) is 46.8 Å². The third-order valence-electron chi connectivity index (χ3n) is 2.06. The van der Waals surface area contributed by atoms with Crippen LogP contribution in [0.3, 0.4) is 0 Å². The Kier molecular flexibility index (Phi) is 2.84. The molecule has 1 saturated carbocycles. The summed E-state index contributed by atoms with van der Waals surface area (Å²) in [7, 11) is 1.44. The molecule has 1 fully saturated rings. The van der Waals surface area contributed by atoms with Crippen LogP contribution >= 0.6 is 0 Å². The van der Waals surface area contributed by atoms with Crippen molar-refractivity contribution < 1.29 is 20.1 Å². The predicted octanol–water partition coefficient (Wildman–Crippen LogP) is -1.12. The molecule has 0 spiro atoms. The molecule has 1 aliphatic rings. The summed E-state index contributed by atoms with van der Waals surface area (Å²) in [5.41, 5.74) is 0. The minimum Gasteiger partial charge on any atom is -0.393 e. The summed E-state index contributed by atoms with van der Waals surface area (Å²) in [6.07, 6.45) is -2.08. The highest BCUT2D eigenvalue weighted by atomic mass is 16.5.